The Morgan fingerprint density at radius 3 is 2.80 bits per heavy atom. The number of halogens is 2. The predicted octanol–water partition coefficient (Wildman–Crippen LogP) is 0.156. The van der Waals surface area contributed by atoms with Gasteiger partial charge in [0.2, 0.25) is 5.91 Å². The van der Waals surface area contributed by atoms with Crippen LogP contribution in [0.4, 0.5) is 8.78 Å². The molecule has 1 atom stereocenters. The van der Waals surface area contributed by atoms with Crippen LogP contribution in [0.2, 0.25) is 0 Å². The van der Waals surface area contributed by atoms with E-state index >= 15 is 0 Å². The molecule has 1 rings (SSSR count). The summed E-state index contributed by atoms with van der Waals surface area (Å²) < 4.78 is 24.6. The fourth-order valence-corrected chi connectivity index (χ4v) is 1.53. The van der Waals surface area contributed by atoms with Gasteiger partial charge in [0.05, 0.1) is 12.6 Å². The zero-order chi connectivity index (χ0) is 11.4. The highest BCUT2D eigenvalue weighted by molar-refractivity contribution is 5.82. The lowest BCUT2D eigenvalue weighted by Gasteiger charge is -2.19. The predicted molar refractivity (Wildman–Crippen MR) is 49.4 cm³/mol. The van der Waals surface area contributed by atoms with Crippen LogP contribution in [0.15, 0.2) is 11.7 Å². The smallest absolute Gasteiger partial charge is 0.271 e. The Morgan fingerprint density at radius 2 is 2.33 bits per heavy atom. The first-order valence-corrected chi connectivity index (χ1v) is 4.52. The van der Waals surface area contributed by atoms with E-state index in [1.54, 1.807) is 7.05 Å². The molecule has 0 aromatic rings. The van der Waals surface area contributed by atoms with Gasteiger partial charge < -0.3 is 15.0 Å². The molecule has 4 nitrogen and oxygen atoms in total. The summed E-state index contributed by atoms with van der Waals surface area (Å²) in [6.45, 7) is -0.0994. The summed E-state index contributed by atoms with van der Waals surface area (Å²) in [5.74, 6) is -0.342. The minimum Gasteiger partial charge on any atom is -0.327 e. The summed E-state index contributed by atoms with van der Waals surface area (Å²) in [4.78, 5) is 23.2. The van der Waals surface area contributed by atoms with Crippen LogP contribution in [-0.4, -0.2) is 43.3 Å². The number of nitrogens with zero attached hydrogens (tertiary/aromatic N) is 1. The summed E-state index contributed by atoms with van der Waals surface area (Å²) in [6.07, 6.45) is -1.31. The highest BCUT2D eigenvalue weighted by Gasteiger charge is 2.33. The molecule has 1 saturated heterocycles. The van der Waals surface area contributed by atoms with Crippen LogP contribution in [0, 0.1) is 0 Å². The molecular weight excluding hydrogens is 206 g/mol. The van der Waals surface area contributed by atoms with E-state index in [1.165, 1.54) is 0 Å². The standard InChI is InChI=1S/C9H12F2N2O2/c1-12-3-8(15)13-4-6(9(10)11)2-7(13)5-14/h5,7,12H,2-4H2,1H3. The fourth-order valence-electron chi connectivity index (χ4n) is 1.53. The average Bonchev–Trinajstić information content (AvgIpc) is 2.61. The molecular formula is C9H12F2N2O2. The van der Waals surface area contributed by atoms with Gasteiger partial charge in [-0.3, -0.25) is 4.79 Å². The number of likely N-dealkylation sites (tertiary alicyclic amines) is 1. The second-order valence-corrected chi connectivity index (χ2v) is 3.32. The van der Waals surface area contributed by atoms with Gasteiger partial charge in [-0.25, -0.2) is 0 Å². The number of carbonyl (C=O) groups is 2. The number of hydrogen-bond acceptors (Lipinski definition) is 3. The summed E-state index contributed by atoms with van der Waals surface area (Å²) in [6, 6.07) is -0.748. The Kier molecular flexibility index (Phi) is 3.90. The molecule has 0 aromatic heterocycles. The van der Waals surface area contributed by atoms with Crippen molar-refractivity contribution in [1.82, 2.24) is 10.2 Å². The molecule has 0 saturated carbocycles. The van der Waals surface area contributed by atoms with E-state index in [4.69, 9.17) is 0 Å². The first kappa shape index (κ1) is 11.8. The second-order valence-electron chi connectivity index (χ2n) is 3.32. The number of rotatable bonds is 3. The van der Waals surface area contributed by atoms with Crippen molar-refractivity contribution >= 4 is 12.2 Å². The SMILES string of the molecule is CNCC(=O)N1CC(=C(F)F)CC1C=O. The van der Waals surface area contributed by atoms with Crippen molar-refractivity contribution < 1.29 is 18.4 Å². The minimum atomic E-state index is -1.79. The van der Waals surface area contributed by atoms with E-state index in [-0.39, 0.29) is 31.0 Å². The zero-order valence-corrected chi connectivity index (χ0v) is 8.30. The molecule has 1 aliphatic heterocycles. The molecule has 6 heteroatoms. The van der Waals surface area contributed by atoms with Crippen LogP contribution in [-0.2, 0) is 9.59 Å². The van der Waals surface area contributed by atoms with Crippen molar-refractivity contribution in [2.24, 2.45) is 0 Å². The third-order valence-electron chi connectivity index (χ3n) is 2.29. The molecule has 1 N–H and O–H groups in total. The monoisotopic (exact) mass is 218 g/mol. The first-order valence-electron chi connectivity index (χ1n) is 4.52. The Hall–Kier alpha value is -1.30. The van der Waals surface area contributed by atoms with Crippen molar-refractivity contribution in [1.29, 1.82) is 0 Å². The fraction of sp³-hybridized carbons (Fsp3) is 0.556. The van der Waals surface area contributed by atoms with Gasteiger partial charge in [-0.2, -0.15) is 8.78 Å². The highest BCUT2D eigenvalue weighted by atomic mass is 19.3. The summed E-state index contributed by atoms with van der Waals surface area (Å²) in [7, 11) is 1.58. The number of likely N-dealkylation sites (N-methyl/N-ethyl adjacent to an activating group) is 1. The Morgan fingerprint density at radius 1 is 1.67 bits per heavy atom. The van der Waals surface area contributed by atoms with Crippen molar-refractivity contribution in [2.75, 3.05) is 20.1 Å². The molecule has 1 fully saturated rings. The van der Waals surface area contributed by atoms with Gasteiger partial charge in [-0.05, 0) is 7.05 Å². The number of amides is 1. The summed E-state index contributed by atoms with van der Waals surface area (Å²) >= 11 is 0. The quantitative estimate of drug-likeness (QED) is 0.686. The van der Waals surface area contributed by atoms with Gasteiger partial charge in [-0.15, -0.1) is 0 Å². The Bertz CT molecular complexity index is 300. The average molecular weight is 218 g/mol. The van der Waals surface area contributed by atoms with Gasteiger partial charge in [0, 0.05) is 18.5 Å². The zero-order valence-electron chi connectivity index (χ0n) is 8.30. The van der Waals surface area contributed by atoms with E-state index in [2.05, 4.69) is 5.32 Å². The van der Waals surface area contributed by atoms with Gasteiger partial charge in [0.15, 0.2) is 0 Å². The van der Waals surface area contributed by atoms with Crippen LogP contribution in [0.3, 0.4) is 0 Å². The van der Waals surface area contributed by atoms with E-state index < -0.39 is 12.1 Å². The molecule has 1 aliphatic rings. The number of hydrogen-bond donors (Lipinski definition) is 1. The van der Waals surface area contributed by atoms with Gasteiger partial charge in [-0.1, -0.05) is 0 Å². The Balaban J connectivity index is 2.77. The van der Waals surface area contributed by atoms with Crippen LogP contribution >= 0.6 is 0 Å². The number of nitrogens with one attached hydrogen (secondary N) is 1. The molecule has 0 bridgehead atoms. The van der Waals surface area contributed by atoms with E-state index in [0.29, 0.717) is 6.29 Å². The van der Waals surface area contributed by atoms with E-state index in [0.717, 1.165) is 4.90 Å². The maximum Gasteiger partial charge on any atom is 0.271 e. The Labute approximate surface area is 85.9 Å². The maximum atomic E-state index is 12.3. The normalized spacial score (nSPS) is 20.6. The van der Waals surface area contributed by atoms with Gasteiger partial charge in [0.1, 0.15) is 6.29 Å². The van der Waals surface area contributed by atoms with Crippen molar-refractivity contribution in [3.8, 4) is 0 Å². The van der Waals surface area contributed by atoms with Gasteiger partial charge in [0.25, 0.3) is 6.08 Å². The maximum absolute atomic E-state index is 12.3. The van der Waals surface area contributed by atoms with Crippen LogP contribution < -0.4 is 5.32 Å². The molecule has 0 aliphatic carbocycles. The van der Waals surface area contributed by atoms with E-state index in [9.17, 15) is 18.4 Å². The second kappa shape index (κ2) is 4.97. The van der Waals surface area contributed by atoms with Gasteiger partial charge >= 0.3 is 0 Å². The molecule has 0 aromatic carbocycles. The first-order chi connectivity index (χ1) is 7.10. The molecule has 1 heterocycles. The van der Waals surface area contributed by atoms with Crippen molar-refractivity contribution in [3.05, 3.63) is 11.7 Å². The van der Waals surface area contributed by atoms with Crippen molar-refractivity contribution in [3.63, 3.8) is 0 Å². The molecule has 1 amide bonds. The summed E-state index contributed by atoms with van der Waals surface area (Å²) in [5.41, 5.74) is -0.128. The third kappa shape index (κ3) is 2.59. The molecule has 1 unspecified atom stereocenters. The van der Waals surface area contributed by atoms with E-state index in [1.807, 2.05) is 0 Å². The molecule has 0 radical (unpaired) electrons. The molecule has 84 valence electrons. The molecule has 15 heavy (non-hydrogen) atoms. The highest BCUT2D eigenvalue weighted by Crippen LogP contribution is 2.25. The summed E-state index contributed by atoms with van der Waals surface area (Å²) in [5, 5.41) is 2.62. The van der Waals surface area contributed by atoms with Crippen molar-refractivity contribution in [2.45, 2.75) is 12.5 Å². The van der Waals surface area contributed by atoms with Crippen LogP contribution in [0.5, 0.6) is 0 Å². The number of carbonyl (C=O) groups excluding carboxylic acids is 2. The lowest BCUT2D eigenvalue weighted by molar-refractivity contribution is -0.133. The number of aldehydes is 1. The minimum absolute atomic E-state index is 0.0471. The van der Waals surface area contributed by atoms with Crippen LogP contribution in [0.1, 0.15) is 6.42 Å². The largest absolute Gasteiger partial charge is 0.327 e. The third-order valence-corrected chi connectivity index (χ3v) is 2.29. The van der Waals surface area contributed by atoms with Crippen LogP contribution in [0.25, 0.3) is 0 Å². The molecule has 0 spiro atoms. The topological polar surface area (TPSA) is 49.4 Å². The lowest BCUT2D eigenvalue weighted by atomic mass is 10.2. The lowest BCUT2D eigenvalue weighted by Crippen LogP contribution is -2.41.